The summed E-state index contributed by atoms with van der Waals surface area (Å²) in [7, 11) is 0. The molecular formula is C30H26FN5O2. The summed E-state index contributed by atoms with van der Waals surface area (Å²) in [6.07, 6.45) is 6.84. The predicted molar refractivity (Wildman–Crippen MR) is 144 cm³/mol. The number of hydrogen-bond donors (Lipinski definition) is 2. The number of hydrogen-bond acceptors (Lipinski definition) is 4. The number of halogens is 1. The SMILES string of the molecule is O=C(CCCc1cn(-c2ccccc2)c(NC(=O)c2cccc(-c3cn[nH]c3)c2)n1)Cc1ccccc1F. The van der Waals surface area contributed by atoms with Gasteiger partial charge >= 0.3 is 0 Å². The molecule has 38 heavy (non-hydrogen) atoms. The number of ketones is 1. The van der Waals surface area contributed by atoms with Gasteiger partial charge in [-0.05, 0) is 54.3 Å². The van der Waals surface area contributed by atoms with Crippen molar-refractivity contribution < 1.29 is 14.0 Å². The predicted octanol–water partition coefficient (Wildman–Crippen LogP) is 5.79. The molecule has 8 heteroatoms. The first-order valence-corrected chi connectivity index (χ1v) is 12.4. The number of rotatable bonds is 10. The van der Waals surface area contributed by atoms with Crippen molar-refractivity contribution in [3.8, 4) is 16.8 Å². The Morgan fingerprint density at radius 2 is 1.76 bits per heavy atom. The topological polar surface area (TPSA) is 92.7 Å². The minimum Gasteiger partial charge on any atom is -0.299 e. The Kier molecular flexibility index (Phi) is 7.49. The van der Waals surface area contributed by atoms with Crippen LogP contribution in [-0.4, -0.2) is 31.4 Å². The molecule has 0 saturated heterocycles. The normalized spacial score (nSPS) is 10.9. The van der Waals surface area contributed by atoms with Crippen LogP contribution in [0.4, 0.5) is 10.3 Å². The highest BCUT2D eigenvalue weighted by atomic mass is 19.1. The molecular weight excluding hydrogens is 481 g/mol. The fourth-order valence-electron chi connectivity index (χ4n) is 4.25. The third-order valence-corrected chi connectivity index (χ3v) is 6.21. The molecule has 190 valence electrons. The molecule has 0 aliphatic heterocycles. The molecule has 0 atom stereocenters. The van der Waals surface area contributed by atoms with Gasteiger partial charge in [-0.25, -0.2) is 9.37 Å². The van der Waals surface area contributed by atoms with Crippen molar-refractivity contribution in [1.29, 1.82) is 0 Å². The molecule has 7 nitrogen and oxygen atoms in total. The maximum Gasteiger partial charge on any atom is 0.258 e. The van der Waals surface area contributed by atoms with E-state index in [1.807, 2.05) is 53.2 Å². The van der Waals surface area contributed by atoms with E-state index in [0.717, 1.165) is 22.5 Å². The van der Waals surface area contributed by atoms with Gasteiger partial charge in [0.05, 0.1) is 11.9 Å². The number of H-pyrrole nitrogens is 1. The minimum absolute atomic E-state index is 0.0244. The minimum atomic E-state index is -0.363. The summed E-state index contributed by atoms with van der Waals surface area (Å²) in [5.74, 6) is -0.283. The highest BCUT2D eigenvalue weighted by Gasteiger charge is 2.16. The number of anilines is 1. The zero-order valence-electron chi connectivity index (χ0n) is 20.6. The van der Waals surface area contributed by atoms with Crippen LogP contribution in [0, 0.1) is 5.82 Å². The maximum absolute atomic E-state index is 13.9. The lowest BCUT2D eigenvalue weighted by atomic mass is 10.0. The van der Waals surface area contributed by atoms with Crippen LogP contribution in [0.25, 0.3) is 16.8 Å². The number of imidazole rings is 1. The average molecular weight is 508 g/mol. The number of carbonyl (C=O) groups excluding carboxylic acids is 2. The quantitative estimate of drug-likeness (QED) is 0.250. The summed E-state index contributed by atoms with van der Waals surface area (Å²) in [6.45, 7) is 0. The molecule has 0 radical (unpaired) electrons. The molecule has 1 amide bonds. The van der Waals surface area contributed by atoms with E-state index in [-0.39, 0.29) is 23.9 Å². The van der Waals surface area contributed by atoms with Crippen molar-refractivity contribution in [3.05, 3.63) is 120 Å². The molecule has 3 aromatic carbocycles. The highest BCUT2D eigenvalue weighted by molar-refractivity contribution is 6.04. The Balaban J connectivity index is 1.29. The lowest BCUT2D eigenvalue weighted by Crippen LogP contribution is -2.15. The maximum atomic E-state index is 13.9. The second-order valence-electron chi connectivity index (χ2n) is 8.94. The monoisotopic (exact) mass is 507 g/mol. The van der Waals surface area contributed by atoms with Gasteiger partial charge in [0.15, 0.2) is 0 Å². The van der Waals surface area contributed by atoms with Crippen molar-refractivity contribution >= 4 is 17.6 Å². The second kappa shape index (κ2) is 11.5. The number of para-hydroxylation sites is 1. The summed E-state index contributed by atoms with van der Waals surface area (Å²) in [6, 6.07) is 23.2. The van der Waals surface area contributed by atoms with Gasteiger partial charge in [0.1, 0.15) is 11.6 Å². The van der Waals surface area contributed by atoms with Gasteiger partial charge in [0.2, 0.25) is 5.95 Å². The molecule has 2 heterocycles. The van der Waals surface area contributed by atoms with Gasteiger partial charge in [0, 0.05) is 42.0 Å². The van der Waals surface area contributed by atoms with E-state index < -0.39 is 0 Å². The molecule has 5 rings (SSSR count). The number of carbonyl (C=O) groups is 2. The van der Waals surface area contributed by atoms with Crippen molar-refractivity contribution in [2.75, 3.05) is 5.32 Å². The molecule has 5 aromatic rings. The number of aromatic nitrogens is 4. The van der Waals surface area contributed by atoms with Crippen molar-refractivity contribution in [2.45, 2.75) is 25.7 Å². The van der Waals surface area contributed by atoms with E-state index in [4.69, 9.17) is 0 Å². The molecule has 0 fully saturated rings. The van der Waals surface area contributed by atoms with E-state index in [1.165, 1.54) is 6.07 Å². The number of Topliss-reactive ketones (excluding diaryl/α,β-unsaturated/α-hetero) is 1. The number of aromatic amines is 1. The number of amides is 1. The van der Waals surface area contributed by atoms with Crippen LogP contribution in [0.2, 0.25) is 0 Å². The summed E-state index contributed by atoms with van der Waals surface area (Å²) in [5.41, 5.74) is 4.26. The Morgan fingerprint density at radius 3 is 2.55 bits per heavy atom. The van der Waals surface area contributed by atoms with Gasteiger partial charge in [0.25, 0.3) is 5.91 Å². The van der Waals surface area contributed by atoms with Crippen molar-refractivity contribution in [3.63, 3.8) is 0 Å². The fourth-order valence-corrected chi connectivity index (χ4v) is 4.25. The van der Waals surface area contributed by atoms with Crippen molar-refractivity contribution in [1.82, 2.24) is 19.7 Å². The standard InChI is InChI=1S/C30H26FN5O2/c31-28-15-5-4-8-22(28)17-27(37)14-7-11-25-20-36(26-12-2-1-3-13-26)30(34-25)35-29(38)23-10-6-9-21(16-23)24-18-32-33-19-24/h1-6,8-10,12-13,15-16,18-20H,7,11,14,17H2,(H,32,33)(H,34,35,38). The average Bonchev–Trinajstić information content (AvgIpc) is 3.61. The van der Waals surface area contributed by atoms with Crippen LogP contribution in [0.15, 0.2) is 97.5 Å². The van der Waals surface area contributed by atoms with Crippen LogP contribution in [-0.2, 0) is 17.6 Å². The van der Waals surface area contributed by atoms with Gasteiger partial charge < -0.3 is 0 Å². The Bertz CT molecular complexity index is 1540. The first-order valence-electron chi connectivity index (χ1n) is 12.4. The summed E-state index contributed by atoms with van der Waals surface area (Å²) < 4.78 is 15.7. The molecule has 0 saturated carbocycles. The van der Waals surface area contributed by atoms with Gasteiger partial charge in [-0.3, -0.25) is 24.6 Å². The molecule has 0 unspecified atom stereocenters. The van der Waals surface area contributed by atoms with E-state index >= 15 is 0 Å². The van der Waals surface area contributed by atoms with E-state index in [9.17, 15) is 14.0 Å². The summed E-state index contributed by atoms with van der Waals surface area (Å²) in [5, 5.41) is 9.69. The zero-order chi connectivity index (χ0) is 26.3. The Labute approximate surface area is 219 Å². The lowest BCUT2D eigenvalue weighted by Gasteiger charge is -2.09. The molecule has 0 aliphatic rings. The second-order valence-corrected chi connectivity index (χ2v) is 8.94. The van der Waals surface area contributed by atoms with Crippen LogP contribution >= 0.6 is 0 Å². The number of nitrogens with zero attached hydrogens (tertiary/aromatic N) is 3. The Hall–Kier alpha value is -4.85. The van der Waals surface area contributed by atoms with Gasteiger partial charge in [-0.1, -0.05) is 48.5 Å². The van der Waals surface area contributed by atoms with Crippen LogP contribution in [0.5, 0.6) is 0 Å². The Morgan fingerprint density at radius 1 is 0.947 bits per heavy atom. The summed E-state index contributed by atoms with van der Waals surface area (Å²) >= 11 is 0. The zero-order valence-corrected chi connectivity index (χ0v) is 20.6. The summed E-state index contributed by atoms with van der Waals surface area (Å²) in [4.78, 5) is 30.2. The fraction of sp³-hybridized carbons (Fsp3) is 0.133. The first-order chi connectivity index (χ1) is 18.6. The van der Waals surface area contributed by atoms with E-state index in [2.05, 4.69) is 20.5 Å². The molecule has 0 aliphatic carbocycles. The number of nitrogens with one attached hydrogen (secondary N) is 2. The van der Waals surface area contributed by atoms with Crippen molar-refractivity contribution in [2.24, 2.45) is 0 Å². The lowest BCUT2D eigenvalue weighted by molar-refractivity contribution is -0.118. The highest BCUT2D eigenvalue weighted by Crippen LogP contribution is 2.22. The third-order valence-electron chi connectivity index (χ3n) is 6.21. The molecule has 2 N–H and O–H groups in total. The van der Waals surface area contributed by atoms with Crippen LogP contribution < -0.4 is 5.32 Å². The third kappa shape index (κ3) is 5.92. The molecule has 2 aromatic heterocycles. The van der Waals surface area contributed by atoms with Gasteiger partial charge in [-0.15, -0.1) is 0 Å². The number of aryl methyl sites for hydroxylation is 1. The first kappa shape index (κ1) is 24.8. The molecule has 0 bridgehead atoms. The van der Waals surface area contributed by atoms with Crippen LogP contribution in [0.1, 0.15) is 34.5 Å². The number of benzene rings is 3. The van der Waals surface area contributed by atoms with E-state index in [0.29, 0.717) is 36.3 Å². The van der Waals surface area contributed by atoms with Gasteiger partial charge in [-0.2, -0.15) is 5.10 Å². The smallest absolute Gasteiger partial charge is 0.258 e. The largest absolute Gasteiger partial charge is 0.299 e. The van der Waals surface area contributed by atoms with Crippen LogP contribution in [0.3, 0.4) is 0 Å². The van der Waals surface area contributed by atoms with E-state index in [1.54, 1.807) is 42.7 Å². The molecule has 0 spiro atoms.